The molecule has 9 heteroatoms. The van der Waals surface area contributed by atoms with Crippen molar-refractivity contribution in [3.8, 4) is 22.8 Å². The number of fused-ring (bicyclic) bond motifs is 1. The second kappa shape index (κ2) is 10.0. The molecule has 0 aliphatic carbocycles. The average molecular weight is 460 g/mol. The molecule has 0 radical (unpaired) electrons. The topological polar surface area (TPSA) is 116 Å². The van der Waals surface area contributed by atoms with Gasteiger partial charge in [0.05, 0.1) is 28.9 Å². The molecule has 4 aromatic rings. The number of nitrogens with zero attached hydrogens (tertiary/aromatic N) is 2. The summed E-state index contributed by atoms with van der Waals surface area (Å²) in [5, 5.41) is 4.40. The molecule has 34 heavy (non-hydrogen) atoms. The minimum absolute atomic E-state index is 0.238. The van der Waals surface area contributed by atoms with Gasteiger partial charge in [0.15, 0.2) is 6.10 Å². The van der Waals surface area contributed by atoms with E-state index < -0.39 is 17.9 Å². The number of carbonyl (C=O) groups is 2. The SMILES string of the molecule is CCOc1ccc(OC(C)C(=O)NNC(=O)c2cc(-c3ccccc3)nc3onc(C)c23)cc1. The quantitative estimate of drug-likeness (QED) is 0.403. The van der Waals surface area contributed by atoms with Crippen molar-refractivity contribution in [2.24, 2.45) is 0 Å². The normalized spacial score (nSPS) is 11.6. The van der Waals surface area contributed by atoms with Crippen molar-refractivity contribution in [2.75, 3.05) is 6.61 Å². The molecular weight excluding hydrogens is 436 g/mol. The fourth-order valence-corrected chi connectivity index (χ4v) is 3.36. The molecule has 0 bridgehead atoms. The number of hydrogen-bond donors (Lipinski definition) is 2. The van der Waals surface area contributed by atoms with Crippen molar-refractivity contribution in [1.29, 1.82) is 0 Å². The van der Waals surface area contributed by atoms with Crippen molar-refractivity contribution in [3.63, 3.8) is 0 Å². The number of amides is 2. The van der Waals surface area contributed by atoms with Crippen LogP contribution in [0.25, 0.3) is 22.4 Å². The highest BCUT2D eigenvalue weighted by Crippen LogP contribution is 2.27. The Hall–Kier alpha value is -4.40. The Kier molecular flexibility index (Phi) is 6.72. The van der Waals surface area contributed by atoms with E-state index in [0.29, 0.717) is 34.9 Å². The molecule has 2 amide bonds. The number of aromatic nitrogens is 2. The maximum absolute atomic E-state index is 13.0. The summed E-state index contributed by atoms with van der Waals surface area (Å²) >= 11 is 0. The van der Waals surface area contributed by atoms with Gasteiger partial charge in [0.25, 0.3) is 17.5 Å². The molecule has 0 fully saturated rings. The van der Waals surface area contributed by atoms with Gasteiger partial charge in [0.1, 0.15) is 11.5 Å². The van der Waals surface area contributed by atoms with E-state index in [1.54, 1.807) is 44.2 Å². The van der Waals surface area contributed by atoms with Crippen molar-refractivity contribution in [2.45, 2.75) is 26.9 Å². The molecule has 0 saturated carbocycles. The molecule has 2 aromatic heterocycles. The van der Waals surface area contributed by atoms with E-state index in [-0.39, 0.29) is 11.3 Å². The Morgan fingerprint density at radius 3 is 2.44 bits per heavy atom. The molecule has 1 atom stereocenters. The van der Waals surface area contributed by atoms with Crippen LogP contribution in [0.15, 0.2) is 65.2 Å². The third-order valence-corrected chi connectivity index (χ3v) is 5.05. The summed E-state index contributed by atoms with van der Waals surface area (Å²) in [4.78, 5) is 30.0. The largest absolute Gasteiger partial charge is 0.494 e. The lowest BCUT2D eigenvalue weighted by molar-refractivity contribution is -0.128. The average Bonchev–Trinajstić information content (AvgIpc) is 3.24. The second-order valence-corrected chi connectivity index (χ2v) is 7.48. The molecule has 0 saturated heterocycles. The highest BCUT2D eigenvalue weighted by Gasteiger charge is 2.21. The van der Waals surface area contributed by atoms with Gasteiger partial charge in [-0.05, 0) is 51.1 Å². The summed E-state index contributed by atoms with van der Waals surface area (Å²) < 4.78 is 16.3. The molecule has 174 valence electrons. The third-order valence-electron chi connectivity index (χ3n) is 5.05. The maximum Gasteiger partial charge on any atom is 0.279 e. The molecule has 9 nitrogen and oxygen atoms in total. The predicted octanol–water partition coefficient (Wildman–Crippen LogP) is 3.83. The Morgan fingerprint density at radius 1 is 1.03 bits per heavy atom. The number of carbonyl (C=O) groups excluding carboxylic acids is 2. The van der Waals surface area contributed by atoms with Crippen molar-refractivity contribution < 1.29 is 23.6 Å². The van der Waals surface area contributed by atoms with Gasteiger partial charge < -0.3 is 14.0 Å². The molecule has 0 spiro atoms. The number of pyridine rings is 1. The lowest BCUT2D eigenvalue weighted by Gasteiger charge is -2.16. The zero-order valence-corrected chi connectivity index (χ0v) is 19.0. The molecule has 2 aromatic carbocycles. The number of ether oxygens (including phenoxy) is 2. The van der Waals surface area contributed by atoms with Crippen molar-refractivity contribution in [1.82, 2.24) is 21.0 Å². The summed E-state index contributed by atoms with van der Waals surface area (Å²) in [6, 6.07) is 18.0. The molecule has 4 rings (SSSR count). The van der Waals surface area contributed by atoms with E-state index in [0.717, 1.165) is 5.56 Å². The Labute approximate surface area is 196 Å². The molecule has 1 unspecified atom stereocenters. The third kappa shape index (κ3) is 4.98. The predicted molar refractivity (Wildman–Crippen MR) is 125 cm³/mol. The van der Waals surface area contributed by atoms with Crippen LogP contribution >= 0.6 is 0 Å². The first-order valence-corrected chi connectivity index (χ1v) is 10.8. The van der Waals surface area contributed by atoms with Crippen LogP contribution in [0.1, 0.15) is 29.9 Å². The Balaban J connectivity index is 1.46. The van der Waals surface area contributed by atoms with Crippen molar-refractivity contribution >= 4 is 22.9 Å². The lowest BCUT2D eigenvalue weighted by atomic mass is 10.1. The first kappa shape index (κ1) is 22.8. The van der Waals surface area contributed by atoms with Gasteiger partial charge in [-0.3, -0.25) is 20.4 Å². The minimum atomic E-state index is -0.854. The van der Waals surface area contributed by atoms with E-state index in [1.165, 1.54) is 0 Å². The van der Waals surface area contributed by atoms with E-state index in [1.807, 2.05) is 37.3 Å². The number of rotatable bonds is 7. The van der Waals surface area contributed by atoms with Gasteiger partial charge in [-0.2, -0.15) is 0 Å². The second-order valence-electron chi connectivity index (χ2n) is 7.48. The van der Waals surface area contributed by atoms with Gasteiger partial charge in [0, 0.05) is 5.56 Å². The van der Waals surface area contributed by atoms with Crippen LogP contribution in [-0.2, 0) is 4.79 Å². The fraction of sp³-hybridized carbons (Fsp3) is 0.200. The van der Waals surface area contributed by atoms with Crippen LogP contribution in [0.3, 0.4) is 0 Å². The maximum atomic E-state index is 13.0. The fourth-order valence-electron chi connectivity index (χ4n) is 3.36. The van der Waals surface area contributed by atoms with E-state index in [2.05, 4.69) is 21.0 Å². The molecule has 0 aliphatic heterocycles. The van der Waals surface area contributed by atoms with Gasteiger partial charge in [-0.15, -0.1) is 0 Å². The highest BCUT2D eigenvalue weighted by molar-refractivity contribution is 6.07. The zero-order valence-electron chi connectivity index (χ0n) is 19.0. The number of benzene rings is 2. The van der Waals surface area contributed by atoms with Crippen LogP contribution < -0.4 is 20.3 Å². The minimum Gasteiger partial charge on any atom is -0.494 e. The summed E-state index contributed by atoms with van der Waals surface area (Å²) in [7, 11) is 0. The summed E-state index contributed by atoms with van der Waals surface area (Å²) in [5.74, 6) is 0.165. The number of aryl methyl sites for hydroxylation is 1. The van der Waals surface area contributed by atoms with Crippen LogP contribution in [-0.4, -0.2) is 34.7 Å². The first-order valence-electron chi connectivity index (χ1n) is 10.8. The van der Waals surface area contributed by atoms with Gasteiger partial charge in [-0.25, -0.2) is 4.98 Å². The van der Waals surface area contributed by atoms with E-state index in [9.17, 15) is 9.59 Å². The first-order chi connectivity index (χ1) is 16.5. The number of hydrogen-bond acceptors (Lipinski definition) is 7. The molecule has 2 heterocycles. The molecule has 0 aliphatic rings. The van der Waals surface area contributed by atoms with Crippen LogP contribution in [0.4, 0.5) is 0 Å². The van der Waals surface area contributed by atoms with E-state index >= 15 is 0 Å². The number of nitrogens with one attached hydrogen (secondary N) is 2. The van der Waals surface area contributed by atoms with Gasteiger partial charge in [0.2, 0.25) is 0 Å². The number of hydrazine groups is 1. The highest BCUT2D eigenvalue weighted by atomic mass is 16.5. The van der Waals surface area contributed by atoms with Crippen LogP contribution in [0.2, 0.25) is 0 Å². The zero-order chi connectivity index (χ0) is 24.1. The summed E-state index contributed by atoms with van der Waals surface area (Å²) in [5.41, 5.74) is 7.25. The summed E-state index contributed by atoms with van der Waals surface area (Å²) in [6.45, 7) is 5.76. The molecular formula is C25H24N4O5. The van der Waals surface area contributed by atoms with Crippen LogP contribution in [0, 0.1) is 6.92 Å². The Bertz CT molecular complexity index is 1300. The summed E-state index contributed by atoms with van der Waals surface area (Å²) in [6.07, 6.45) is -0.854. The Morgan fingerprint density at radius 2 is 1.74 bits per heavy atom. The molecule has 2 N–H and O–H groups in total. The lowest BCUT2D eigenvalue weighted by Crippen LogP contribution is -2.47. The van der Waals surface area contributed by atoms with E-state index in [4.69, 9.17) is 14.0 Å². The monoisotopic (exact) mass is 460 g/mol. The van der Waals surface area contributed by atoms with Crippen LogP contribution in [0.5, 0.6) is 11.5 Å². The van der Waals surface area contributed by atoms with Crippen molar-refractivity contribution in [3.05, 3.63) is 71.9 Å². The smallest absolute Gasteiger partial charge is 0.279 e. The standard InChI is InChI=1S/C25H24N4O5/c1-4-32-18-10-12-19(13-11-18)33-16(3)23(30)27-28-24(31)20-14-21(17-8-6-5-7-9-17)26-25-22(20)15(2)29-34-25/h5-14,16H,4H2,1-3H3,(H,27,30)(H,28,31). The van der Waals surface area contributed by atoms with Gasteiger partial charge in [-0.1, -0.05) is 35.5 Å². The van der Waals surface area contributed by atoms with Gasteiger partial charge >= 0.3 is 0 Å².